The molecule has 1 atom stereocenters. The molecule has 1 aliphatic rings. The Bertz CT molecular complexity index is 571. The number of hydrogen-bond acceptors (Lipinski definition) is 4. The summed E-state index contributed by atoms with van der Waals surface area (Å²) in [5.41, 5.74) is 2.09. The lowest BCUT2D eigenvalue weighted by Gasteiger charge is -2.29. The summed E-state index contributed by atoms with van der Waals surface area (Å²) >= 11 is 3.43. The Hall–Kier alpha value is -1.46. The van der Waals surface area contributed by atoms with Crippen LogP contribution in [0.5, 0.6) is 0 Å². The zero-order valence-electron chi connectivity index (χ0n) is 11.0. The lowest BCUT2D eigenvalue weighted by Crippen LogP contribution is -2.39. The monoisotopic (exact) mass is 333 g/mol. The summed E-state index contributed by atoms with van der Waals surface area (Å²) in [7, 11) is 0. The van der Waals surface area contributed by atoms with Gasteiger partial charge in [0, 0.05) is 35.5 Å². The molecule has 0 spiro atoms. The van der Waals surface area contributed by atoms with Gasteiger partial charge in [0.1, 0.15) is 0 Å². The number of anilines is 1. The van der Waals surface area contributed by atoms with Gasteiger partial charge in [-0.25, -0.2) is 9.97 Å². The number of aliphatic hydroxyl groups excluding tert-OH is 1. The van der Waals surface area contributed by atoms with Crippen LogP contribution in [-0.4, -0.2) is 34.3 Å². The molecule has 0 bridgehead atoms. The smallest absolute Gasteiger partial charge is 0.225 e. The molecule has 0 saturated carbocycles. The van der Waals surface area contributed by atoms with Crippen LogP contribution in [0.15, 0.2) is 41.1 Å². The van der Waals surface area contributed by atoms with Gasteiger partial charge in [0.05, 0.1) is 6.10 Å². The third kappa shape index (κ3) is 2.99. The maximum atomic E-state index is 9.70. The average molecular weight is 334 g/mol. The molecule has 0 radical (unpaired) electrons. The highest BCUT2D eigenvalue weighted by molar-refractivity contribution is 9.10. The number of aliphatic hydroxyl groups is 1. The lowest BCUT2D eigenvalue weighted by molar-refractivity contribution is 0.153. The third-order valence-electron chi connectivity index (χ3n) is 3.50. The number of rotatable bonds is 2. The normalized spacial score (nSPS) is 19.1. The van der Waals surface area contributed by atoms with Crippen LogP contribution in [0.3, 0.4) is 0 Å². The third-order valence-corrected chi connectivity index (χ3v) is 4.02. The molecule has 104 valence electrons. The predicted molar refractivity (Wildman–Crippen MR) is 82.6 cm³/mol. The SMILES string of the molecule is OC1CCCN(c2ncc(-c3ccc(Br)cc3)cn2)C1. The summed E-state index contributed by atoms with van der Waals surface area (Å²) < 4.78 is 1.06. The van der Waals surface area contributed by atoms with Crippen LogP contribution < -0.4 is 4.90 Å². The Labute approximate surface area is 126 Å². The zero-order chi connectivity index (χ0) is 13.9. The van der Waals surface area contributed by atoms with Crippen LogP contribution in [0, 0.1) is 0 Å². The molecule has 2 aromatic rings. The van der Waals surface area contributed by atoms with E-state index in [0.29, 0.717) is 12.5 Å². The summed E-state index contributed by atoms with van der Waals surface area (Å²) in [6, 6.07) is 8.08. The summed E-state index contributed by atoms with van der Waals surface area (Å²) in [4.78, 5) is 10.9. The van der Waals surface area contributed by atoms with Crippen LogP contribution in [0.1, 0.15) is 12.8 Å². The highest BCUT2D eigenvalue weighted by Gasteiger charge is 2.19. The van der Waals surface area contributed by atoms with Crippen molar-refractivity contribution in [2.45, 2.75) is 18.9 Å². The number of nitrogens with zero attached hydrogens (tertiary/aromatic N) is 3. The molecule has 1 aromatic heterocycles. The molecule has 1 aliphatic heterocycles. The van der Waals surface area contributed by atoms with E-state index in [4.69, 9.17) is 0 Å². The minimum atomic E-state index is -0.265. The Morgan fingerprint density at radius 2 is 1.80 bits per heavy atom. The van der Waals surface area contributed by atoms with Crippen molar-refractivity contribution in [3.63, 3.8) is 0 Å². The highest BCUT2D eigenvalue weighted by Crippen LogP contribution is 2.22. The van der Waals surface area contributed by atoms with E-state index in [9.17, 15) is 5.11 Å². The van der Waals surface area contributed by atoms with Gasteiger partial charge in [-0.15, -0.1) is 0 Å². The van der Waals surface area contributed by atoms with Gasteiger partial charge in [-0.1, -0.05) is 28.1 Å². The Morgan fingerprint density at radius 1 is 1.10 bits per heavy atom. The Morgan fingerprint density at radius 3 is 2.45 bits per heavy atom. The van der Waals surface area contributed by atoms with Gasteiger partial charge < -0.3 is 10.0 Å². The molecule has 5 heteroatoms. The lowest BCUT2D eigenvalue weighted by atomic mass is 10.1. The molecule has 1 unspecified atom stereocenters. The zero-order valence-corrected chi connectivity index (χ0v) is 12.6. The second-order valence-electron chi connectivity index (χ2n) is 5.02. The summed E-state index contributed by atoms with van der Waals surface area (Å²) in [6.45, 7) is 1.53. The fourth-order valence-corrected chi connectivity index (χ4v) is 2.68. The molecule has 0 aliphatic carbocycles. The number of benzene rings is 1. The average Bonchev–Trinajstić information content (AvgIpc) is 2.48. The molecule has 1 saturated heterocycles. The highest BCUT2D eigenvalue weighted by atomic mass is 79.9. The van der Waals surface area contributed by atoms with Crippen LogP contribution in [0.2, 0.25) is 0 Å². The van der Waals surface area contributed by atoms with Gasteiger partial charge >= 0.3 is 0 Å². The molecular formula is C15H16BrN3O. The van der Waals surface area contributed by atoms with Crippen molar-refractivity contribution in [3.8, 4) is 11.1 Å². The van der Waals surface area contributed by atoms with Crippen molar-refractivity contribution in [1.82, 2.24) is 9.97 Å². The first-order valence-electron chi connectivity index (χ1n) is 6.73. The molecule has 1 N–H and O–H groups in total. The van der Waals surface area contributed by atoms with E-state index in [0.717, 1.165) is 35.0 Å². The number of aromatic nitrogens is 2. The van der Waals surface area contributed by atoms with Crippen LogP contribution >= 0.6 is 15.9 Å². The van der Waals surface area contributed by atoms with Crippen molar-refractivity contribution < 1.29 is 5.11 Å². The second-order valence-corrected chi connectivity index (χ2v) is 5.94. The molecule has 4 nitrogen and oxygen atoms in total. The van der Waals surface area contributed by atoms with Gasteiger partial charge in [-0.3, -0.25) is 0 Å². The summed E-state index contributed by atoms with van der Waals surface area (Å²) in [5.74, 6) is 0.699. The number of piperidine rings is 1. The molecule has 2 heterocycles. The second kappa shape index (κ2) is 5.89. The van der Waals surface area contributed by atoms with Gasteiger partial charge in [0.15, 0.2) is 0 Å². The van der Waals surface area contributed by atoms with Crippen LogP contribution in [0.25, 0.3) is 11.1 Å². The standard InChI is InChI=1S/C15H16BrN3O/c16-13-5-3-11(4-6-13)12-8-17-15(18-9-12)19-7-1-2-14(20)10-19/h3-6,8-9,14,20H,1-2,7,10H2. The van der Waals surface area contributed by atoms with E-state index in [1.54, 1.807) is 0 Å². The Balaban J connectivity index is 1.78. The van der Waals surface area contributed by atoms with E-state index in [2.05, 4.69) is 25.9 Å². The van der Waals surface area contributed by atoms with Gasteiger partial charge in [0.25, 0.3) is 0 Å². The van der Waals surface area contributed by atoms with Crippen molar-refractivity contribution in [1.29, 1.82) is 0 Å². The Kier molecular flexibility index (Phi) is 3.98. The maximum absolute atomic E-state index is 9.70. The molecule has 3 rings (SSSR count). The van der Waals surface area contributed by atoms with Gasteiger partial charge in [-0.05, 0) is 30.5 Å². The topological polar surface area (TPSA) is 49.2 Å². The van der Waals surface area contributed by atoms with Crippen molar-refractivity contribution >= 4 is 21.9 Å². The fourth-order valence-electron chi connectivity index (χ4n) is 2.41. The largest absolute Gasteiger partial charge is 0.391 e. The number of hydrogen-bond donors (Lipinski definition) is 1. The number of halogens is 1. The van der Waals surface area contributed by atoms with Crippen molar-refractivity contribution in [2.24, 2.45) is 0 Å². The summed E-state index contributed by atoms with van der Waals surface area (Å²) in [5, 5.41) is 9.70. The molecular weight excluding hydrogens is 318 g/mol. The van der Waals surface area contributed by atoms with Crippen LogP contribution in [0.4, 0.5) is 5.95 Å². The van der Waals surface area contributed by atoms with Crippen molar-refractivity contribution in [2.75, 3.05) is 18.0 Å². The van der Waals surface area contributed by atoms with E-state index >= 15 is 0 Å². The van der Waals surface area contributed by atoms with E-state index < -0.39 is 0 Å². The van der Waals surface area contributed by atoms with Gasteiger partial charge in [0.2, 0.25) is 5.95 Å². The van der Waals surface area contributed by atoms with E-state index in [1.165, 1.54) is 0 Å². The van der Waals surface area contributed by atoms with Crippen molar-refractivity contribution in [3.05, 3.63) is 41.1 Å². The molecule has 20 heavy (non-hydrogen) atoms. The van der Waals surface area contributed by atoms with Crippen LogP contribution in [-0.2, 0) is 0 Å². The first-order chi connectivity index (χ1) is 9.72. The fraction of sp³-hybridized carbons (Fsp3) is 0.333. The predicted octanol–water partition coefficient (Wildman–Crippen LogP) is 2.87. The minimum Gasteiger partial charge on any atom is -0.391 e. The summed E-state index contributed by atoms with van der Waals surface area (Å²) in [6.07, 6.45) is 5.27. The maximum Gasteiger partial charge on any atom is 0.225 e. The molecule has 1 aromatic carbocycles. The first-order valence-corrected chi connectivity index (χ1v) is 7.53. The molecule has 0 amide bonds. The number of β-amino-alcohol motifs (C(OH)–C–C–N with tert-alkyl or cyclic N) is 1. The molecule has 1 fully saturated rings. The van der Waals surface area contributed by atoms with Gasteiger partial charge in [-0.2, -0.15) is 0 Å². The quantitative estimate of drug-likeness (QED) is 0.918. The first kappa shape index (κ1) is 13.5. The minimum absolute atomic E-state index is 0.265. The van der Waals surface area contributed by atoms with E-state index in [1.807, 2.05) is 41.6 Å². The van der Waals surface area contributed by atoms with E-state index in [-0.39, 0.29) is 6.10 Å².